The van der Waals surface area contributed by atoms with Gasteiger partial charge in [-0.25, -0.2) is 4.79 Å². The Morgan fingerprint density at radius 1 is 1.45 bits per heavy atom. The van der Waals surface area contributed by atoms with Crippen molar-refractivity contribution in [2.24, 2.45) is 5.92 Å². The Labute approximate surface area is 112 Å². The molecule has 20 heavy (non-hydrogen) atoms. The largest absolute Gasteiger partial charge is 0.492 e. The van der Waals surface area contributed by atoms with Crippen LogP contribution >= 0.6 is 0 Å². The van der Waals surface area contributed by atoms with Crippen LogP contribution in [0, 0.1) is 5.92 Å². The topological polar surface area (TPSA) is 52.6 Å². The molecule has 2 rings (SSSR count). The van der Waals surface area contributed by atoms with Gasteiger partial charge in [-0.15, -0.1) is 0 Å². The van der Waals surface area contributed by atoms with Gasteiger partial charge >= 0.3 is 12.1 Å². The Morgan fingerprint density at radius 3 is 2.75 bits per heavy atom. The number of hydrogen-bond acceptors (Lipinski definition) is 4. The minimum absolute atomic E-state index is 0.0538. The first-order valence-corrected chi connectivity index (χ1v) is 5.78. The summed E-state index contributed by atoms with van der Waals surface area (Å²) >= 11 is 0. The number of benzene rings is 1. The van der Waals surface area contributed by atoms with E-state index in [9.17, 15) is 22.8 Å². The van der Waals surface area contributed by atoms with E-state index in [2.05, 4.69) is 4.74 Å². The molecule has 0 saturated heterocycles. The van der Waals surface area contributed by atoms with E-state index >= 15 is 0 Å². The minimum Gasteiger partial charge on any atom is -0.492 e. The van der Waals surface area contributed by atoms with Gasteiger partial charge in [0.05, 0.1) is 37.2 Å². The molecule has 0 amide bonds. The maximum atomic E-state index is 12.3. The summed E-state index contributed by atoms with van der Waals surface area (Å²) in [6, 6.07) is 3.90. The maximum Gasteiger partial charge on any atom is 0.389 e. The molecule has 1 unspecified atom stereocenters. The zero-order valence-electron chi connectivity index (χ0n) is 10.5. The summed E-state index contributed by atoms with van der Waals surface area (Å²) in [6.45, 7) is -0.351. The van der Waals surface area contributed by atoms with Crippen molar-refractivity contribution in [2.45, 2.75) is 12.6 Å². The maximum absolute atomic E-state index is 12.3. The van der Waals surface area contributed by atoms with Crippen molar-refractivity contribution in [3.8, 4) is 5.75 Å². The van der Waals surface area contributed by atoms with Crippen LogP contribution in [-0.2, 0) is 4.74 Å². The summed E-state index contributed by atoms with van der Waals surface area (Å²) in [4.78, 5) is 23.3. The number of ketones is 1. The Bertz CT molecular complexity index is 551. The van der Waals surface area contributed by atoms with E-state index in [0.29, 0.717) is 0 Å². The molecule has 1 atom stereocenters. The standard InChI is InChI=1S/C13H11F3O4/c1-19-12(18)7-2-3-9-10(4-7)20-6-8(11(9)17)5-13(14,15)16/h2-4,8H,5-6H2,1H3. The lowest BCUT2D eigenvalue weighted by Crippen LogP contribution is -2.32. The van der Waals surface area contributed by atoms with Crippen LogP contribution in [0.4, 0.5) is 13.2 Å². The number of halogens is 3. The number of ether oxygens (including phenoxy) is 2. The van der Waals surface area contributed by atoms with Crippen molar-refractivity contribution in [1.29, 1.82) is 0 Å². The van der Waals surface area contributed by atoms with Gasteiger partial charge in [0.25, 0.3) is 0 Å². The number of esters is 1. The Kier molecular flexibility index (Phi) is 3.69. The summed E-state index contributed by atoms with van der Waals surface area (Å²) in [7, 11) is 1.20. The molecule has 4 nitrogen and oxygen atoms in total. The van der Waals surface area contributed by atoms with Gasteiger partial charge in [0, 0.05) is 0 Å². The van der Waals surface area contributed by atoms with Gasteiger partial charge in [0.15, 0.2) is 5.78 Å². The Hall–Kier alpha value is -2.05. The molecule has 1 aliphatic rings. The second-order valence-corrected chi connectivity index (χ2v) is 4.39. The van der Waals surface area contributed by atoms with Crippen molar-refractivity contribution < 1.29 is 32.2 Å². The predicted molar refractivity (Wildman–Crippen MR) is 61.8 cm³/mol. The van der Waals surface area contributed by atoms with E-state index in [1.165, 1.54) is 25.3 Å². The smallest absolute Gasteiger partial charge is 0.389 e. The molecule has 1 heterocycles. The number of fused-ring (bicyclic) bond motifs is 1. The molecule has 0 radical (unpaired) electrons. The third kappa shape index (κ3) is 2.92. The van der Waals surface area contributed by atoms with E-state index < -0.39 is 30.3 Å². The van der Waals surface area contributed by atoms with Crippen LogP contribution < -0.4 is 4.74 Å². The lowest BCUT2D eigenvalue weighted by molar-refractivity contribution is -0.143. The van der Waals surface area contributed by atoms with Crippen molar-refractivity contribution in [1.82, 2.24) is 0 Å². The molecule has 0 aliphatic carbocycles. The van der Waals surface area contributed by atoms with Crippen molar-refractivity contribution >= 4 is 11.8 Å². The highest BCUT2D eigenvalue weighted by Crippen LogP contribution is 2.34. The van der Waals surface area contributed by atoms with Crippen LogP contribution in [0.3, 0.4) is 0 Å². The first-order valence-electron chi connectivity index (χ1n) is 5.78. The molecule has 1 aromatic rings. The lowest BCUT2D eigenvalue weighted by atomic mass is 9.91. The molecule has 1 aromatic carbocycles. The fourth-order valence-electron chi connectivity index (χ4n) is 2.01. The Balaban J connectivity index is 2.25. The van der Waals surface area contributed by atoms with Gasteiger partial charge in [-0.1, -0.05) is 0 Å². The number of carbonyl (C=O) groups excluding carboxylic acids is 2. The van der Waals surface area contributed by atoms with Crippen molar-refractivity contribution in [3.63, 3.8) is 0 Å². The van der Waals surface area contributed by atoms with Crippen LogP contribution in [0.1, 0.15) is 27.1 Å². The van der Waals surface area contributed by atoms with E-state index in [4.69, 9.17) is 4.74 Å². The van der Waals surface area contributed by atoms with Crippen LogP contribution in [-0.4, -0.2) is 31.6 Å². The third-order valence-corrected chi connectivity index (χ3v) is 2.96. The molecular weight excluding hydrogens is 277 g/mol. The molecule has 0 aromatic heterocycles. The van der Waals surface area contributed by atoms with Crippen molar-refractivity contribution in [2.75, 3.05) is 13.7 Å². The average molecular weight is 288 g/mol. The highest BCUT2D eigenvalue weighted by molar-refractivity contribution is 6.02. The number of carbonyl (C=O) groups is 2. The van der Waals surface area contributed by atoms with Crippen LogP contribution in [0.25, 0.3) is 0 Å². The summed E-state index contributed by atoms with van der Waals surface area (Å²) in [6.07, 6.45) is -5.64. The van der Waals surface area contributed by atoms with E-state index in [1.54, 1.807) is 0 Å². The normalized spacial score (nSPS) is 18.2. The molecule has 0 fully saturated rings. The first kappa shape index (κ1) is 14.4. The molecular formula is C13H11F3O4. The van der Waals surface area contributed by atoms with Gasteiger partial charge in [-0.05, 0) is 18.2 Å². The third-order valence-electron chi connectivity index (χ3n) is 2.96. The number of rotatable bonds is 2. The SMILES string of the molecule is COC(=O)c1ccc2c(c1)OCC(CC(F)(F)F)C2=O. The fraction of sp³-hybridized carbons (Fsp3) is 0.385. The van der Waals surface area contributed by atoms with Crippen LogP contribution in [0.5, 0.6) is 5.75 Å². The molecule has 1 aliphatic heterocycles. The summed E-state index contributed by atoms with van der Waals surface area (Å²) in [5, 5.41) is 0. The molecule has 0 bridgehead atoms. The van der Waals surface area contributed by atoms with E-state index in [-0.39, 0.29) is 23.5 Å². The van der Waals surface area contributed by atoms with Crippen molar-refractivity contribution in [3.05, 3.63) is 29.3 Å². The van der Waals surface area contributed by atoms with Gasteiger partial charge in [-0.2, -0.15) is 13.2 Å². The Morgan fingerprint density at radius 2 is 2.15 bits per heavy atom. The number of alkyl halides is 3. The van der Waals surface area contributed by atoms with Gasteiger partial charge in [0.2, 0.25) is 0 Å². The summed E-state index contributed by atoms with van der Waals surface area (Å²) in [5.74, 6) is -2.37. The quantitative estimate of drug-likeness (QED) is 0.785. The molecule has 0 spiro atoms. The second-order valence-electron chi connectivity index (χ2n) is 4.39. The van der Waals surface area contributed by atoms with E-state index in [0.717, 1.165) is 0 Å². The minimum atomic E-state index is -4.42. The average Bonchev–Trinajstić information content (AvgIpc) is 2.39. The highest BCUT2D eigenvalue weighted by atomic mass is 19.4. The zero-order valence-corrected chi connectivity index (χ0v) is 10.5. The molecule has 7 heteroatoms. The monoisotopic (exact) mass is 288 g/mol. The van der Waals surface area contributed by atoms with Gasteiger partial charge in [0.1, 0.15) is 5.75 Å². The van der Waals surface area contributed by atoms with Crippen LogP contribution in [0.2, 0.25) is 0 Å². The molecule has 0 saturated carbocycles. The lowest BCUT2D eigenvalue weighted by Gasteiger charge is -2.25. The molecule has 0 N–H and O–H groups in total. The molecule has 108 valence electrons. The number of methoxy groups -OCH3 is 1. The van der Waals surface area contributed by atoms with Crippen LogP contribution in [0.15, 0.2) is 18.2 Å². The fourth-order valence-corrected chi connectivity index (χ4v) is 2.01. The summed E-state index contributed by atoms with van der Waals surface area (Å²) in [5.41, 5.74) is 0.228. The first-order chi connectivity index (χ1) is 9.31. The number of Topliss-reactive ketones (excluding diaryl/α,β-unsaturated/α-hetero) is 1. The highest BCUT2D eigenvalue weighted by Gasteiger charge is 2.39. The zero-order chi connectivity index (χ0) is 14.9. The predicted octanol–water partition coefficient (Wildman–Crippen LogP) is 2.62. The van der Waals surface area contributed by atoms with Gasteiger partial charge < -0.3 is 9.47 Å². The number of hydrogen-bond donors (Lipinski definition) is 0. The second kappa shape index (κ2) is 5.15. The van der Waals surface area contributed by atoms with E-state index in [1.807, 2.05) is 0 Å². The summed E-state index contributed by atoms with van der Waals surface area (Å²) < 4.78 is 46.7. The van der Waals surface area contributed by atoms with Gasteiger partial charge in [-0.3, -0.25) is 4.79 Å².